The van der Waals surface area contributed by atoms with Crippen molar-refractivity contribution in [3.8, 4) is 33.8 Å². The molecule has 0 amide bonds. The molecule has 6 aromatic rings. The number of aromatic amines is 2. The van der Waals surface area contributed by atoms with Crippen molar-refractivity contribution in [2.24, 2.45) is 5.92 Å². The molecule has 0 bridgehead atoms. The van der Waals surface area contributed by atoms with Crippen LogP contribution in [-0.4, -0.2) is 46.5 Å². The van der Waals surface area contributed by atoms with Gasteiger partial charge in [-0.3, -0.25) is 15.1 Å². The van der Waals surface area contributed by atoms with E-state index >= 15 is 4.39 Å². The molecule has 10 heteroatoms. The topological polar surface area (TPSA) is 128 Å². The van der Waals surface area contributed by atoms with Gasteiger partial charge in [0.05, 0.1) is 22.8 Å². The van der Waals surface area contributed by atoms with Crippen molar-refractivity contribution in [3.63, 3.8) is 0 Å². The van der Waals surface area contributed by atoms with Gasteiger partial charge in [-0.25, -0.2) is 14.4 Å². The zero-order valence-corrected chi connectivity index (χ0v) is 20.8. The number of pyridine rings is 3. The number of imidazole rings is 1. The molecule has 0 spiro atoms. The van der Waals surface area contributed by atoms with Gasteiger partial charge in [-0.2, -0.15) is 5.10 Å². The Morgan fingerprint density at radius 3 is 2.68 bits per heavy atom. The lowest BCUT2D eigenvalue weighted by atomic mass is 10.0. The Bertz CT molecular complexity index is 1740. The third kappa shape index (κ3) is 4.35. The summed E-state index contributed by atoms with van der Waals surface area (Å²) in [4.78, 5) is 20.8. The highest BCUT2D eigenvalue weighted by Crippen LogP contribution is 2.35. The van der Waals surface area contributed by atoms with Gasteiger partial charge in [-0.05, 0) is 42.7 Å². The Balaban J connectivity index is 1.42. The first-order valence-corrected chi connectivity index (χ1v) is 12.3. The molecule has 190 valence electrons. The van der Waals surface area contributed by atoms with Crippen LogP contribution in [0.5, 0.6) is 0 Å². The first kappa shape index (κ1) is 23.7. The van der Waals surface area contributed by atoms with Crippen LogP contribution >= 0.6 is 0 Å². The molecule has 0 aliphatic carbocycles. The summed E-state index contributed by atoms with van der Waals surface area (Å²) in [5.41, 5.74) is 5.40. The van der Waals surface area contributed by atoms with E-state index in [0.717, 1.165) is 11.1 Å². The van der Waals surface area contributed by atoms with Gasteiger partial charge in [0.25, 0.3) is 0 Å². The minimum Gasteiger partial charge on any atom is -0.374 e. The van der Waals surface area contributed by atoms with Gasteiger partial charge >= 0.3 is 0 Å². The molecule has 1 atom stereocenters. The number of halogens is 1. The van der Waals surface area contributed by atoms with Crippen molar-refractivity contribution in [1.29, 1.82) is 0 Å². The molecule has 0 aliphatic rings. The van der Waals surface area contributed by atoms with E-state index in [4.69, 9.17) is 4.98 Å². The second kappa shape index (κ2) is 9.64. The molecule has 0 aliphatic heterocycles. The van der Waals surface area contributed by atoms with E-state index in [1.807, 2.05) is 32.0 Å². The predicted octanol–water partition coefficient (Wildman–Crippen LogP) is 5.54. The van der Waals surface area contributed by atoms with Gasteiger partial charge in [-0.15, -0.1) is 0 Å². The first-order chi connectivity index (χ1) is 18.5. The molecule has 5 aromatic heterocycles. The van der Waals surface area contributed by atoms with Crippen molar-refractivity contribution in [2.45, 2.75) is 26.5 Å². The molecule has 5 heterocycles. The lowest BCUT2D eigenvalue weighted by Crippen LogP contribution is -2.20. The van der Waals surface area contributed by atoms with Crippen LogP contribution in [0.15, 0.2) is 67.4 Å². The number of hydrogen-bond acceptors (Lipinski definition) is 7. The van der Waals surface area contributed by atoms with Crippen LogP contribution in [0.2, 0.25) is 0 Å². The fraction of sp³-hybridized carbons (Fsp3) is 0.179. The molecule has 0 radical (unpaired) electrons. The van der Waals surface area contributed by atoms with Gasteiger partial charge in [0, 0.05) is 47.0 Å². The largest absolute Gasteiger partial charge is 0.374 e. The van der Waals surface area contributed by atoms with Crippen LogP contribution in [0, 0.1) is 11.7 Å². The minimum atomic E-state index is -0.724. The number of aromatic nitrogens is 7. The number of hydrogen-bond donors (Lipinski definition) is 4. The zero-order chi connectivity index (χ0) is 26.2. The highest BCUT2D eigenvalue weighted by molar-refractivity contribution is 5.98. The molecular weight excluding hydrogens is 483 g/mol. The number of rotatable bonds is 7. The van der Waals surface area contributed by atoms with Crippen molar-refractivity contribution >= 4 is 27.8 Å². The van der Waals surface area contributed by atoms with E-state index in [2.05, 4.69) is 35.5 Å². The lowest BCUT2D eigenvalue weighted by molar-refractivity contribution is 0.176. The molecule has 9 nitrogen and oxygen atoms in total. The smallest absolute Gasteiger partial charge is 0.161 e. The summed E-state index contributed by atoms with van der Waals surface area (Å²) in [6, 6.07) is 10.9. The highest BCUT2D eigenvalue weighted by Gasteiger charge is 2.21. The summed E-state index contributed by atoms with van der Waals surface area (Å²) in [5, 5.41) is 20.9. The maximum Gasteiger partial charge on any atom is 0.161 e. The second-order valence-corrected chi connectivity index (χ2v) is 9.56. The van der Waals surface area contributed by atoms with E-state index in [0.29, 0.717) is 62.7 Å². The number of aliphatic hydroxyl groups excluding tert-OH is 1. The number of H-pyrrole nitrogens is 2. The fourth-order valence-electron chi connectivity index (χ4n) is 4.61. The van der Waals surface area contributed by atoms with Crippen LogP contribution in [0.4, 0.5) is 10.1 Å². The molecule has 0 saturated heterocycles. The van der Waals surface area contributed by atoms with Crippen molar-refractivity contribution in [2.75, 3.05) is 5.32 Å². The Hall–Kier alpha value is -4.70. The van der Waals surface area contributed by atoms with E-state index in [-0.39, 0.29) is 0 Å². The maximum absolute atomic E-state index is 16.1. The Morgan fingerprint density at radius 1 is 1.00 bits per heavy atom. The van der Waals surface area contributed by atoms with E-state index in [9.17, 15) is 5.11 Å². The first-order valence-electron chi connectivity index (χ1n) is 12.3. The minimum absolute atomic E-state index is 0.308. The van der Waals surface area contributed by atoms with Gasteiger partial charge in [0.15, 0.2) is 11.5 Å². The Kier molecular flexibility index (Phi) is 6.01. The normalized spacial score (nSPS) is 12.4. The van der Waals surface area contributed by atoms with Crippen LogP contribution in [-0.2, 0) is 0 Å². The maximum atomic E-state index is 16.1. The molecule has 6 rings (SSSR count). The average molecular weight is 509 g/mol. The van der Waals surface area contributed by atoms with E-state index in [1.54, 1.807) is 49.2 Å². The lowest BCUT2D eigenvalue weighted by Gasteiger charge is -2.16. The molecular formula is C28H25FN8O. The number of fused-ring (bicyclic) bond motifs is 2. The number of nitrogens with zero attached hydrogens (tertiary/aromatic N) is 5. The SMILES string of the molecule is CC(C)CC(O)Nc1cncc(-c2ccc3[nH]nc(-c4nc5c(-c6cccnc6)ccnc5[nH]4)c3c2F)c1. The monoisotopic (exact) mass is 508 g/mol. The number of benzene rings is 1. The van der Waals surface area contributed by atoms with Crippen LogP contribution in [0.3, 0.4) is 0 Å². The third-order valence-electron chi connectivity index (χ3n) is 6.33. The molecule has 0 saturated carbocycles. The van der Waals surface area contributed by atoms with Crippen LogP contribution in [0.1, 0.15) is 20.3 Å². The summed E-state index contributed by atoms with van der Waals surface area (Å²) < 4.78 is 16.1. The molecule has 38 heavy (non-hydrogen) atoms. The summed E-state index contributed by atoms with van der Waals surface area (Å²) >= 11 is 0. The average Bonchev–Trinajstić information content (AvgIpc) is 3.54. The zero-order valence-electron chi connectivity index (χ0n) is 20.8. The van der Waals surface area contributed by atoms with E-state index < -0.39 is 12.0 Å². The fourth-order valence-corrected chi connectivity index (χ4v) is 4.61. The molecule has 4 N–H and O–H groups in total. The highest BCUT2D eigenvalue weighted by atomic mass is 19.1. The summed E-state index contributed by atoms with van der Waals surface area (Å²) in [6.45, 7) is 4.06. The van der Waals surface area contributed by atoms with Crippen LogP contribution < -0.4 is 5.32 Å². The number of nitrogens with one attached hydrogen (secondary N) is 3. The van der Waals surface area contributed by atoms with Gasteiger partial charge in [-0.1, -0.05) is 19.9 Å². The molecule has 1 aromatic carbocycles. The third-order valence-corrected chi connectivity index (χ3v) is 6.33. The van der Waals surface area contributed by atoms with Gasteiger partial charge in [0.1, 0.15) is 23.3 Å². The van der Waals surface area contributed by atoms with Crippen LogP contribution in [0.25, 0.3) is 55.8 Å². The quantitative estimate of drug-likeness (QED) is 0.208. The standard InChI is InChI=1S/C28H25FN8O/c1-15(2)10-22(38)33-18-11-17(13-31-14-18)19-5-6-21-23(24(19)29)26(37-36-21)28-34-25-20(7-9-32-27(25)35-28)16-4-3-8-30-12-16/h3-9,11-15,22,33,38H,10H2,1-2H3,(H,36,37)(H,32,34,35). The summed E-state index contributed by atoms with van der Waals surface area (Å²) in [6.07, 6.45) is 8.22. The summed E-state index contributed by atoms with van der Waals surface area (Å²) in [7, 11) is 0. The Morgan fingerprint density at radius 2 is 1.87 bits per heavy atom. The van der Waals surface area contributed by atoms with E-state index in [1.165, 1.54) is 0 Å². The number of anilines is 1. The number of aliphatic hydroxyl groups is 1. The van der Waals surface area contributed by atoms with Crippen molar-refractivity contribution in [1.82, 2.24) is 35.1 Å². The van der Waals surface area contributed by atoms with Gasteiger partial charge in [0.2, 0.25) is 0 Å². The summed E-state index contributed by atoms with van der Waals surface area (Å²) in [5.74, 6) is 0.271. The van der Waals surface area contributed by atoms with Gasteiger partial charge < -0.3 is 15.4 Å². The molecule has 1 unspecified atom stereocenters. The Labute approximate surface area is 217 Å². The predicted molar refractivity (Wildman–Crippen MR) is 144 cm³/mol. The second-order valence-electron chi connectivity index (χ2n) is 9.56. The van der Waals surface area contributed by atoms with Crippen molar-refractivity contribution < 1.29 is 9.50 Å². The van der Waals surface area contributed by atoms with Crippen molar-refractivity contribution in [3.05, 3.63) is 73.2 Å². The molecule has 0 fully saturated rings.